The lowest BCUT2D eigenvalue weighted by Crippen LogP contribution is -2.30. The number of nitrogens with zero attached hydrogens (tertiary/aromatic N) is 2. The van der Waals surface area contributed by atoms with Crippen molar-refractivity contribution in [3.05, 3.63) is 23.9 Å². The second-order valence-corrected chi connectivity index (χ2v) is 5.58. The lowest BCUT2D eigenvalue weighted by atomic mass is 10.2. The van der Waals surface area contributed by atoms with Crippen LogP contribution >= 0.6 is 0 Å². The highest BCUT2D eigenvalue weighted by Crippen LogP contribution is 2.31. The first-order valence-electron chi connectivity index (χ1n) is 7.13. The predicted molar refractivity (Wildman–Crippen MR) is 76.8 cm³/mol. The third-order valence-corrected chi connectivity index (χ3v) is 3.23. The zero-order valence-electron chi connectivity index (χ0n) is 11.8. The molecule has 3 heteroatoms. The number of rotatable bonds is 7. The molecule has 1 fully saturated rings. The second kappa shape index (κ2) is 6.19. The van der Waals surface area contributed by atoms with E-state index in [1.165, 1.54) is 18.4 Å². The van der Waals surface area contributed by atoms with Gasteiger partial charge in [-0.05, 0) is 36.9 Å². The molecule has 0 spiro atoms. The minimum atomic E-state index is 0.689. The summed E-state index contributed by atoms with van der Waals surface area (Å²) in [5.41, 5.74) is 1.26. The van der Waals surface area contributed by atoms with Crippen LogP contribution in [0.4, 0.5) is 5.82 Å². The molecule has 1 aromatic heterocycles. The zero-order chi connectivity index (χ0) is 13.0. The Hall–Kier alpha value is -1.09. The van der Waals surface area contributed by atoms with Crippen molar-refractivity contribution in [2.75, 3.05) is 18.0 Å². The van der Waals surface area contributed by atoms with Gasteiger partial charge in [-0.25, -0.2) is 4.98 Å². The number of pyridine rings is 1. The maximum Gasteiger partial charge on any atom is 0.128 e. The van der Waals surface area contributed by atoms with Crippen LogP contribution in [0.3, 0.4) is 0 Å². The van der Waals surface area contributed by atoms with Crippen LogP contribution in [-0.2, 0) is 6.54 Å². The van der Waals surface area contributed by atoms with Crippen LogP contribution in [0.25, 0.3) is 0 Å². The third kappa shape index (κ3) is 3.70. The summed E-state index contributed by atoms with van der Waals surface area (Å²) in [5.74, 6) is 1.83. The summed E-state index contributed by atoms with van der Waals surface area (Å²) in [6, 6.07) is 5.10. The van der Waals surface area contributed by atoms with Crippen LogP contribution in [0.1, 0.15) is 39.2 Å². The standard InChI is InChI=1S/C15H25N3/c1-4-16-9-13-5-8-15(17-10-13)18(11-12(2)3)14-6-7-14/h5,8,10,12,14,16H,4,6-7,9,11H2,1-3H3. The van der Waals surface area contributed by atoms with E-state index in [9.17, 15) is 0 Å². The molecule has 0 amide bonds. The van der Waals surface area contributed by atoms with Crippen molar-refractivity contribution in [1.82, 2.24) is 10.3 Å². The van der Waals surface area contributed by atoms with Gasteiger partial charge in [0.05, 0.1) is 0 Å². The van der Waals surface area contributed by atoms with E-state index in [0.717, 1.165) is 31.5 Å². The van der Waals surface area contributed by atoms with Crippen LogP contribution in [0.5, 0.6) is 0 Å². The molecule has 1 aromatic rings. The van der Waals surface area contributed by atoms with E-state index in [1.807, 2.05) is 6.20 Å². The molecule has 1 saturated carbocycles. The maximum absolute atomic E-state index is 4.63. The van der Waals surface area contributed by atoms with E-state index < -0.39 is 0 Å². The Morgan fingerprint density at radius 1 is 1.39 bits per heavy atom. The Balaban J connectivity index is 2.01. The Morgan fingerprint density at radius 3 is 2.67 bits per heavy atom. The van der Waals surface area contributed by atoms with E-state index in [4.69, 9.17) is 0 Å². The first kappa shape index (κ1) is 13.3. The van der Waals surface area contributed by atoms with Gasteiger partial charge in [0.15, 0.2) is 0 Å². The summed E-state index contributed by atoms with van der Waals surface area (Å²) in [7, 11) is 0. The van der Waals surface area contributed by atoms with E-state index in [2.05, 4.69) is 48.1 Å². The van der Waals surface area contributed by atoms with Gasteiger partial charge in [-0.2, -0.15) is 0 Å². The smallest absolute Gasteiger partial charge is 0.128 e. The number of anilines is 1. The molecule has 0 aromatic carbocycles. The Morgan fingerprint density at radius 2 is 2.17 bits per heavy atom. The van der Waals surface area contributed by atoms with E-state index in [0.29, 0.717) is 5.92 Å². The summed E-state index contributed by atoms with van der Waals surface area (Å²) in [4.78, 5) is 7.11. The molecule has 3 nitrogen and oxygen atoms in total. The molecular weight excluding hydrogens is 222 g/mol. The van der Waals surface area contributed by atoms with Crippen molar-refractivity contribution in [1.29, 1.82) is 0 Å². The summed E-state index contributed by atoms with van der Waals surface area (Å²) in [6.45, 7) is 9.70. The van der Waals surface area contributed by atoms with Crippen LogP contribution in [-0.4, -0.2) is 24.1 Å². The quantitative estimate of drug-likeness (QED) is 0.803. The first-order valence-corrected chi connectivity index (χ1v) is 7.13. The molecule has 100 valence electrons. The molecule has 1 heterocycles. The fraction of sp³-hybridized carbons (Fsp3) is 0.667. The van der Waals surface area contributed by atoms with E-state index >= 15 is 0 Å². The summed E-state index contributed by atoms with van der Waals surface area (Å²) in [5, 5.41) is 3.33. The molecule has 0 atom stereocenters. The van der Waals surface area contributed by atoms with Crippen molar-refractivity contribution in [3.63, 3.8) is 0 Å². The largest absolute Gasteiger partial charge is 0.353 e. The van der Waals surface area contributed by atoms with Gasteiger partial charge in [0, 0.05) is 25.3 Å². The van der Waals surface area contributed by atoms with Gasteiger partial charge in [-0.3, -0.25) is 0 Å². The average molecular weight is 247 g/mol. The van der Waals surface area contributed by atoms with Gasteiger partial charge in [0.2, 0.25) is 0 Å². The summed E-state index contributed by atoms with van der Waals surface area (Å²) >= 11 is 0. The average Bonchev–Trinajstić information content (AvgIpc) is 3.18. The van der Waals surface area contributed by atoms with Crippen LogP contribution in [0.15, 0.2) is 18.3 Å². The summed E-state index contributed by atoms with van der Waals surface area (Å²) in [6.07, 6.45) is 4.66. The Labute approximate surface area is 111 Å². The minimum Gasteiger partial charge on any atom is -0.353 e. The van der Waals surface area contributed by atoms with Gasteiger partial charge < -0.3 is 10.2 Å². The van der Waals surface area contributed by atoms with Gasteiger partial charge in [0.25, 0.3) is 0 Å². The SMILES string of the molecule is CCNCc1ccc(N(CC(C)C)C2CC2)nc1. The van der Waals surface area contributed by atoms with Crippen molar-refractivity contribution in [2.24, 2.45) is 5.92 Å². The second-order valence-electron chi connectivity index (χ2n) is 5.58. The molecule has 1 N–H and O–H groups in total. The highest BCUT2D eigenvalue weighted by atomic mass is 15.2. The molecular formula is C15H25N3. The van der Waals surface area contributed by atoms with Crippen molar-refractivity contribution in [2.45, 2.75) is 46.2 Å². The van der Waals surface area contributed by atoms with E-state index in [1.54, 1.807) is 0 Å². The zero-order valence-corrected chi connectivity index (χ0v) is 11.8. The molecule has 0 unspecified atom stereocenters. The Kier molecular flexibility index (Phi) is 4.59. The molecule has 1 aliphatic carbocycles. The van der Waals surface area contributed by atoms with Crippen LogP contribution < -0.4 is 10.2 Å². The molecule has 18 heavy (non-hydrogen) atoms. The monoisotopic (exact) mass is 247 g/mol. The lowest BCUT2D eigenvalue weighted by molar-refractivity contribution is 0.602. The molecule has 1 aliphatic rings. The van der Waals surface area contributed by atoms with Crippen molar-refractivity contribution < 1.29 is 0 Å². The predicted octanol–water partition coefficient (Wildman–Crippen LogP) is 2.82. The number of nitrogens with one attached hydrogen (secondary N) is 1. The first-order chi connectivity index (χ1) is 8.70. The van der Waals surface area contributed by atoms with Crippen LogP contribution in [0.2, 0.25) is 0 Å². The third-order valence-electron chi connectivity index (χ3n) is 3.23. The highest BCUT2D eigenvalue weighted by Gasteiger charge is 2.30. The minimum absolute atomic E-state index is 0.689. The molecule has 0 saturated heterocycles. The number of aromatic nitrogens is 1. The lowest BCUT2D eigenvalue weighted by Gasteiger charge is -2.25. The van der Waals surface area contributed by atoms with Gasteiger partial charge in [-0.1, -0.05) is 26.8 Å². The Bertz CT molecular complexity index is 355. The molecule has 0 bridgehead atoms. The topological polar surface area (TPSA) is 28.2 Å². The van der Waals surface area contributed by atoms with E-state index in [-0.39, 0.29) is 0 Å². The highest BCUT2D eigenvalue weighted by molar-refractivity contribution is 5.42. The molecule has 0 aliphatic heterocycles. The van der Waals surface area contributed by atoms with Gasteiger partial charge in [0.1, 0.15) is 5.82 Å². The fourth-order valence-electron chi connectivity index (χ4n) is 2.17. The van der Waals surface area contributed by atoms with Crippen molar-refractivity contribution >= 4 is 5.82 Å². The van der Waals surface area contributed by atoms with Gasteiger partial charge in [-0.15, -0.1) is 0 Å². The molecule has 2 rings (SSSR count). The number of hydrogen-bond acceptors (Lipinski definition) is 3. The molecule has 0 radical (unpaired) electrons. The van der Waals surface area contributed by atoms with Gasteiger partial charge >= 0.3 is 0 Å². The normalized spacial score (nSPS) is 15.1. The fourth-order valence-corrected chi connectivity index (χ4v) is 2.17. The van der Waals surface area contributed by atoms with Crippen molar-refractivity contribution in [3.8, 4) is 0 Å². The van der Waals surface area contributed by atoms with Crippen LogP contribution in [0, 0.1) is 5.92 Å². The maximum atomic E-state index is 4.63. The summed E-state index contributed by atoms with van der Waals surface area (Å²) < 4.78 is 0. The number of hydrogen-bond donors (Lipinski definition) is 1.